The molecule has 1 amide bonds. The number of sulfonamides is 1. The lowest BCUT2D eigenvalue weighted by atomic mass is 10.1. The number of aryl methyl sites for hydroxylation is 2. The molecule has 2 aliphatic rings. The van der Waals surface area contributed by atoms with E-state index in [0.29, 0.717) is 37.6 Å². The third kappa shape index (κ3) is 4.68. The average molecular weight is 442 g/mol. The molecule has 0 radical (unpaired) electrons. The van der Waals surface area contributed by atoms with Gasteiger partial charge in [-0.2, -0.15) is 4.31 Å². The highest BCUT2D eigenvalue weighted by Crippen LogP contribution is 2.27. The number of hydrogen-bond donors (Lipinski definition) is 0. The normalized spacial score (nSPS) is 18.5. The molecule has 2 aromatic rings. The van der Waals surface area contributed by atoms with Gasteiger partial charge in [0.2, 0.25) is 15.9 Å². The van der Waals surface area contributed by atoms with Crippen molar-refractivity contribution < 1.29 is 13.2 Å². The number of likely N-dealkylation sites (N-methyl/N-ethyl adjacent to an activating group) is 1. The lowest BCUT2D eigenvalue weighted by molar-refractivity contribution is -0.133. The highest BCUT2D eigenvalue weighted by molar-refractivity contribution is 7.89. The largest absolute Gasteiger partial charge is 0.338 e. The molecule has 7 heteroatoms. The summed E-state index contributed by atoms with van der Waals surface area (Å²) in [6.07, 6.45) is 3.10. The molecule has 2 aromatic carbocycles. The van der Waals surface area contributed by atoms with Crippen LogP contribution in [0.4, 0.5) is 0 Å². The third-order valence-electron chi connectivity index (χ3n) is 6.65. The number of piperazine rings is 1. The van der Waals surface area contributed by atoms with Crippen molar-refractivity contribution in [1.82, 2.24) is 14.1 Å². The molecule has 6 nitrogen and oxygen atoms in total. The summed E-state index contributed by atoms with van der Waals surface area (Å²) in [6.45, 7) is 4.26. The van der Waals surface area contributed by atoms with Crippen LogP contribution in [0.3, 0.4) is 0 Å². The molecule has 1 aliphatic carbocycles. The van der Waals surface area contributed by atoms with Crippen LogP contribution >= 0.6 is 0 Å². The van der Waals surface area contributed by atoms with Crippen molar-refractivity contribution in [2.24, 2.45) is 0 Å². The van der Waals surface area contributed by atoms with E-state index in [1.165, 1.54) is 11.1 Å². The molecule has 4 rings (SSSR count). The van der Waals surface area contributed by atoms with Crippen molar-refractivity contribution in [3.8, 4) is 0 Å². The first kappa shape index (κ1) is 22.0. The molecule has 1 saturated heterocycles. The molecule has 1 heterocycles. The Kier molecular flexibility index (Phi) is 6.46. The van der Waals surface area contributed by atoms with Gasteiger partial charge in [-0.05, 0) is 55.0 Å². The highest BCUT2D eigenvalue weighted by atomic mass is 32.2. The van der Waals surface area contributed by atoms with Gasteiger partial charge in [-0.15, -0.1) is 0 Å². The van der Waals surface area contributed by atoms with E-state index in [2.05, 4.69) is 0 Å². The predicted octanol–water partition coefficient (Wildman–Crippen LogP) is 2.70. The first-order valence-electron chi connectivity index (χ1n) is 11.0. The SMILES string of the molecule is CC(c1ccccc1)N(C)C(=O)CN1CCN(S(=O)(=O)c2ccc3c(c2)CCC3)CC1. The van der Waals surface area contributed by atoms with Gasteiger partial charge in [0.05, 0.1) is 17.5 Å². The standard InChI is InChI=1S/C24H31N3O3S/c1-19(20-7-4-3-5-8-20)25(2)24(28)18-26-13-15-27(16-14-26)31(29,30)23-12-11-21-9-6-10-22(21)17-23/h3-5,7-8,11-12,17,19H,6,9-10,13-16,18H2,1-2H3. The lowest BCUT2D eigenvalue weighted by Crippen LogP contribution is -2.51. The van der Waals surface area contributed by atoms with Gasteiger partial charge >= 0.3 is 0 Å². The summed E-state index contributed by atoms with van der Waals surface area (Å²) in [5, 5.41) is 0. The molecular weight excluding hydrogens is 410 g/mol. The van der Waals surface area contributed by atoms with Crippen LogP contribution in [0, 0.1) is 0 Å². The van der Waals surface area contributed by atoms with Crippen LogP contribution in [0.5, 0.6) is 0 Å². The van der Waals surface area contributed by atoms with Crippen molar-refractivity contribution in [2.45, 2.75) is 37.1 Å². The summed E-state index contributed by atoms with van der Waals surface area (Å²) < 4.78 is 27.8. The van der Waals surface area contributed by atoms with Gasteiger partial charge in [-0.3, -0.25) is 9.69 Å². The van der Waals surface area contributed by atoms with Crippen LogP contribution in [0.2, 0.25) is 0 Å². The predicted molar refractivity (Wildman–Crippen MR) is 121 cm³/mol. The van der Waals surface area contributed by atoms with Gasteiger partial charge in [0.1, 0.15) is 0 Å². The van der Waals surface area contributed by atoms with Crippen LogP contribution in [0.1, 0.15) is 36.1 Å². The Balaban J connectivity index is 1.33. The Labute approximate surface area is 185 Å². The summed E-state index contributed by atoms with van der Waals surface area (Å²) in [7, 11) is -1.66. The van der Waals surface area contributed by atoms with E-state index in [4.69, 9.17) is 0 Å². The third-order valence-corrected chi connectivity index (χ3v) is 8.55. The van der Waals surface area contributed by atoms with Gasteiger partial charge in [-0.25, -0.2) is 8.42 Å². The Bertz CT molecular complexity index is 1030. The van der Waals surface area contributed by atoms with Crippen molar-refractivity contribution >= 4 is 15.9 Å². The van der Waals surface area contributed by atoms with Gasteiger partial charge in [-0.1, -0.05) is 36.4 Å². The minimum Gasteiger partial charge on any atom is -0.338 e. The topological polar surface area (TPSA) is 60.9 Å². The fourth-order valence-electron chi connectivity index (χ4n) is 4.46. The lowest BCUT2D eigenvalue weighted by Gasteiger charge is -2.35. The molecule has 1 fully saturated rings. The quantitative estimate of drug-likeness (QED) is 0.692. The zero-order valence-corrected chi connectivity index (χ0v) is 19.1. The van der Waals surface area contributed by atoms with Crippen LogP contribution < -0.4 is 0 Å². The summed E-state index contributed by atoms with van der Waals surface area (Å²) in [6, 6.07) is 15.5. The number of benzene rings is 2. The summed E-state index contributed by atoms with van der Waals surface area (Å²) in [5.41, 5.74) is 3.54. The van der Waals surface area contributed by atoms with E-state index >= 15 is 0 Å². The molecule has 0 N–H and O–H groups in total. The van der Waals surface area contributed by atoms with Crippen LogP contribution in [-0.4, -0.2) is 68.2 Å². The summed E-state index contributed by atoms with van der Waals surface area (Å²) in [5.74, 6) is 0.0475. The van der Waals surface area contributed by atoms with Crippen LogP contribution in [0.15, 0.2) is 53.4 Å². The minimum absolute atomic E-state index is 0.00447. The van der Waals surface area contributed by atoms with Crippen molar-refractivity contribution in [3.05, 3.63) is 65.2 Å². The maximum absolute atomic E-state index is 13.1. The van der Waals surface area contributed by atoms with E-state index in [1.54, 1.807) is 15.3 Å². The molecule has 0 aromatic heterocycles. The Hall–Kier alpha value is -2.22. The van der Waals surface area contributed by atoms with Crippen molar-refractivity contribution in [1.29, 1.82) is 0 Å². The second-order valence-electron chi connectivity index (χ2n) is 8.56. The molecule has 0 bridgehead atoms. The number of carbonyl (C=O) groups excluding carboxylic acids is 1. The Morgan fingerprint density at radius 2 is 1.68 bits per heavy atom. The van der Waals surface area contributed by atoms with E-state index in [9.17, 15) is 13.2 Å². The second kappa shape index (κ2) is 9.10. The maximum atomic E-state index is 13.1. The number of fused-ring (bicyclic) bond motifs is 1. The molecule has 1 unspecified atom stereocenters. The fraction of sp³-hybridized carbons (Fsp3) is 0.458. The minimum atomic E-state index is -3.49. The molecular formula is C24H31N3O3S. The monoisotopic (exact) mass is 441 g/mol. The smallest absolute Gasteiger partial charge is 0.243 e. The van der Waals surface area contributed by atoms with E-state index in [1.807, 2.05) is 61.3 Å². The number of carbonyl (C=O) groups is 1. The fourth-order valence-corrected chi connectivity index (χ4v) is 5.93. The first-order chi connectivity index (χ1) is 14.9. The maximum Gasteiger partial charge on any atom is 0.243 e. The molecule has 1 atom stereocenters. The second-order valence-corrected chi connectivity index (χ2v) is 10.5. The summed E-state index contributed by atoms with van der Waals surface area (Å²) in [4.78, 5) is 17.0. The Morgan fingerprint density at radius 1 is 1.00 bits per heavy atom. The van der Waals surface area contributed by atoms with Crippen LogP contribution in [-0.2, 0) is 27.7 Å². The molecule has 1 aliphatic heterocycles. The highest BCUT2D eigenvalue weighted by Gasteiger charge is 2.30. The molecule has 0 saturated carbocycles. The van der Waals surface area contributed by atoms with E-state index in [0.717, 1.165) is 24.8 Å². The molecule has 0 spiro atoms. The van der Waals surface area contributed by atoms with E-state index < -0.39 is 10.0 Å². The van der Waals surface area contributed by atoms with Crippen molar-refractivity contribution in [3.63, 3.8) is 0 Å². The van der Waals surface area contributed by atoms with Gasteiger partial charge < -0.3 is 4.90 Å². The van der Waals surface area contributed by atoms with Gasteiger partial charge in [0.25, 0.3) is 0 Å². The average Bonchev–Trinajstić information content (AvgIpc) is 3.27. The van der Waals surface area contributed by atoms with Gasteiger partial charge in [0.15, 0.2) is 0 Å². The Morgan fingerprint density at radius 3 is 2.39 bits per heavy atom. The van der Waals surface area contributed by atoms with Crippen LogP contribution in [0.25, 0.3) is 0 Å². The number of amides is 1. The van der Waals surface area contributed by atoms with Gasteiger partial charge in [0, 0.05) is 33.2 Å². The van der Waals surface area contributed by atoms with E-state index in [-0.39, 0.29) is 11.9 Å². The summed E-state index contributed by atoms with van der Waals surface area (Å²) >= 11 is 0. The number of hydrogen-bond acceptors (Lipinski definition) is 4. The zero-order valence-electron chi connectivity index (χ0n) is 18.3. The number of rotatable bonds is 6. The molecule has 166 valence electrons. The number of nitrogens with zero attached hydrogens (tertiary/aromatic N) is 3. The molecule has 31 heavy (non-hydrogen) atoms. The van der Waals surface area contributed by atoms with Crippen molar-refractivity contribution in [2.75, 3.05) is 39.8 Å². The first-order valence-corrected chi connectivity index (χ1v) is 12.4. The zero-order chi connectivity index (χ0) is 22.0.